The van der Waals surface area contributed by atoms with E-state index < -0.39 is 10.0 Å². The average molecular weight is 480 g/mol. The molecule has 2 aliphatic heterocycles. The van der Waals surface area contributed by atoms with Gasteiger partial charge in [-0.3, -0.25) is 4.99 Å². The monoisotopic (exact) mass is 480 g/mol. The van der Waals surface area contributed by atoms with Gasteiger partial charge in [0.25, 0.3) is 0 Å². The van der Waals surface area contributed by atoms with Crippen molar-refractivity contribution in [3.63, 3.8) is 0 Å². The molecule has 0 unspecified atom stereocenters. The highest BCUT2D eigenvalue weighted by Crippen LogP contribution is 2.14. The number of anilines is 1. The molecule has 2 N–H and O–H groups in total. The zero-order valence-corrected chi connectivity index (χ0v) is 17.2. The van der Waals surface area contributed by atoms with Crippen molar-refractivity contribution in [2.24, 2.45) is 4.99 Å². The Morgan fingerprint density at radius 3 is 2.64 bits per heavy atom. The number of nitrogens with zero attached hydrogens (tertiary/aromatic N) is 4. The van der Waals surface area contributed by atoms with Gasteiger partial charge in [0.2, 0.25) is 10.0 Å². The molecule has 0 aromatic carbocycles. The van der Waals surface area contributed by atoms with Crippen molar-refractivity contribution in [3.8, 4) is 0 Å². The van der Waals surface area contributed by atoms with E-state index in [0.717, 1.165) is 25.3 Å². The summed E-state index contributed by atoms with van der Waals surface area (Å²) in [7, 11) is -3.25. The average Bonchev–Trinajstić information content (AvgIpc) is 2.63. The van der Waals surface area contributed by atoms with E-state index in [0.29, 0.717) is 38.7 Å². The van der Waals surface area contributed by atoms with Gasteiger partial charge in [-0.05, 0) is 18.6 Å². The van der Waals surface area contributed by atoms with Crippen LogP contribution in [0.25, 0.3) is 0 Å². The fraction of sp³-hybridized carbons (Fsp3) is 0.600. The van der Waals surface area contributed by atoms with Crippen molar-refractivity contribution in [1.29, 1.82) is 0 Å². The molecule has 140 valence electrons. The van der Waals surface area contributed by atoms with Gasteiger partial charge in [-0.1, -0.05) is 6.07 Å². The van der Waals surface area contributed by atoms with Crippen molar-refractivity contribution in [1.82, 2.24) is 19.9 Å². The Labute approximate surface area is 166 Å². The summed E-state index contributed by atoms with van der Waals surface area (Å²) in [5.41, 5.74) is 0. The van der Waals surface area contributed by atoms with Crippen LogP contribution in [0.5, 0.6) is 0 Å². The fourth-order valence-corrected chi connectivity index (χ4v) is 4.15. The summed E-state index contributed by atoms with van der Waals surface area (Å²) in [6.45, 7) is 4.37. The topological polar surface area (TPSA) is 89.9 Å². The van der Waals surface area contributed by atoms with Crippen molar-refractivity contribution in [3.05, 3.63) is 24.4 Å². The van der Waals surface area contributed by atoms with Crippen LogP contribution >= 0.6 is 24.0 Å². The molecule has 10 heteroatoms. The highest BCUT2D eigenvalue weighted by Gasteiger charge is 2.27. The number of hydrogen-bond acceptors (Lipinski definition) is 7. The van der Waals surface area contributed by atoms with E-state index in [4.69, 9.17) is 0 Å². The maximum absolute atomic E-state index is 12.5. The molecule has 8 nitrogen and oxygen atoms in total. The van der Waals surface area contributed by atoms with Gasteiger partial charge in [0.05, 0.1) is 5.75 Å². The third kappa shape index (κ3) is 5.68. The number of halogens is 1. The maximum Gasteiger partial charge on any atom is 0.215 e. The van der Waals surface area contributed by atoms with Gasteiger partial charge < -0.3 is 15.5 Å². The molecule has 0 amide bonds. The number of nitrogens with one attached hydrogen (secondary N) is 2. The lowest BCUT2D eigenvalue weighted by Gasteiger charge is -2.34. The van der Waals surface area contributed by atoms with Crippen molar-refractivity contribution < 1.29 is 8.42 Å². The molecule has 3 rings (SSSR count). The molecule has 0 bridgehead atoms. The Balaban J connectivity index is 0.00000225. The maximum atomic E-state index is 12.5. The molecule has 0 aliphatic carbocycles. The number of rotatable bonds is 5. The summed E-state index contributed by atoms with van der Waals surface area (Å²) in [4.78, 5) is 10.7. The molecule has 0 saturated carbocycles. The molecule has 1 aromatic rings. The number of piperazine rings is 1. The van der Waals surface area contributed by atoms with Crippen LogP contribution in [-0.2, 0) is 10.0 Å². The number of pyridine rings is 1. The van der Waals surface area contributed by atoms with E-state index in [9.17, 15) is 8.42 Å². The number of sulfonamides is 1. The van der Waals surface area contributed by atoms with Crippen LogP contribution in [0.1, 0.15) is 6.42 Å². The van der Waals surface area contributed by atoms with Gasteiger partial charge in [0, 0.05) is 52.0 Å². The van der Waals surface area contributed by atoms with Crippen LogP contribution in [0.4, 0.5) is 5.82 Å². The summed E-state index contributed by atoms with van der Waals surface area (Å²) >= 11 is 0. The predicted octanol–water partition coefficient (Wildman–Crippen LogP) is 0.0903. The Hall–Kier alpha value is -1.14. The van der Waals surface area contributed by atoms with Gasteiger partial charge >= 0.3 is 0 Å². The molecular formula is C15H25IN6O2S. The third-order valence-electron chi connectivity index (χ3n) is 4.16. The molecule has 2 aliphatic rings. The van der Waals surface area contributed by atoms with E-state index in [1.807, 2.05) is 18.2 Å². The zero-order valence-electron chi connectivity index (χ0n) is 14.1. The van der Waals surface area contributed by atoms with Gasteiger partial charge in [0.1, 0.15) is 5.82 Å². The van der Waals surface area contributed by atoms with E-state index in [1.54, 1.807) is 10.5 Å². The highest BCUT2D eigenvalue weighted by molar-refractivity contribution is 14.0. The van der Waals surface area contributed by atoms with Gasteiger partial charge in [-0.25, -0.2) is 13.4 Å². The summed E-state index contributed by atoms with van der Waals surface area (Å²) in [5.74, 6) is 1.69. The lowest BCUT2D eigenvalue weighted by molar-refractivity contribution is 0.384. The number of aromatic nitrogens is 1. The molecule has 25 heavy (non-hydrogen) atoms. The predicted molar refractivity (Wildman–Crippen MR) is 110 cm³/mol. The minimum Gasteiger partial charge on any atom is -0.356 e. The first kappa shape index (κ1) is 20.2. The molecule has 1 fully saturated rings. The summed E-state index contributed by atoms with van der Waals surface area (Å²) in [5, 5.41) is 6.19. The minimum absolute atomic E-state index is 0. The number of guanidine groups is 1. The first-order chi connectivity index (χ1) is 11.6. The van der Waals surface area contributed by atoms with Crippen molar-refractivity contribution in [2.75, 3.05) is 56.5 Å². The van der Waals surface area contributed by atoms with Crippen LogP contribution in [0.2, 0.25) is 0 Å². The SMILES string of the molecule is I.O=S(=O)(CCNC1=NCCCN1)N1CCN(c2ccccn2)CC1. The second kappa shape index (κ2) is 9.53. The summed E-state index contributed by atoms with van der Waals surface area (Å²) in [6, 6.07) is 5.77. The van der Waals surface area contributed by atoms with E-state index >= 15 is 0 Å². The standard InChI is InChI=1S/C15H24N6O2S.HI/c22-24(23,13-8-19-15-17-6-3-7-18-15)21-11-9-20(10-12-21)14-4-1-2-5-16-14;/h1-2,4-5H,3,6-13H2,(H2,17,18,19);1H. The fourth-order valence-electron chi connectivity index (χ4n) is 2.81. The molecule has 0 spiro atoms. The Morgan fingerprint density at radius 2 is 2.00 bits per heavy atom. The van der Waals surface area contributed by atoms with E-state index in [-0.39, 0.29) is 29.7 Å². The zero-order chi connectivity index (χ0) is 16.8. The van der Waals surface area contributed by atoms with Crippen LogP contribution in [-0.4, -0.2) is 75.2 Å². The lowest BCUT2D eigenvalue weighted by Crippen LogP contribution is -2.50. The smallest absolute Gasteiger partial charge is 0.215 e. The molecule has 1 saturated heterocycles. The first-order valence-corrected chi connectivity index (χ1v) is 9.92. The lowest BCUT2D eigenvalue weighted by atomic mass is 10.3. The van der Waals surface area contributed by atoms with Gasteiger partial charge in [0.15, 0.2) is 5.96 Å². The largest absolute Gasteiger partial charge is 0.356 e. The van der Waals surface area contributed by atoms with Crippen LogP contribution in [0, 0.1) is 0 Å². The Kier molecular flexibility index (Phi) is 7.69. The quantitative estimate of drug-likeness (QED) is 0.581. The van der Waals surface area contributed by atoms with Crippen molar-refractivity contribution >= 4 is 45.8 Å². The van der Waals surface area contributed by atoms with E-state index in [2.05, 4.69) is 25.5 Å². The molecule has 1 aromatic heterocycles. The molecular weight excluding hydrogens is 455 g/mol. The first-order valence-electron chi connectivity index (χ1n) is 8.31. The van der Waals surface area contributed by atoms with Crippen molar-refractivity contribution in [2.45, 2.75) is 6.42 Å². The second-order valence-corrected chi connectivity index (χ2v) is 7.92. The van der Waals surface area contributed by atoms with Crippen LogP contribution < -0.4 is 15.5 Å². The summed E-state index contributed by atoms with van der Waals surface area (Å²) in [6.07, 6.45) is 2.77. The van der Waals surface area contributed by atoms with E-state index in [1.165, 1.54) is 0 Å². The number of aliphatic imine (C=N–C) groups is 1. The Bertz CT molecular complexity index is 662. The van der Waals surface area contributed by atoms with Crippen LogP contribution in [0.3, 0.4) is 0 Å². The molecule has 3 heterocycles. The van der Waals surface area contributed by atoms with Gasteiger partial charge in [-0.2, -0.15) is 4.31 Å². The normalized spacial score (nSPS) is 18.7. The minimum atomic E-state index is -3.25. The van der Waals surface area contributed by atoms with Gasteiger partial charge in [-0.15, -0.1) is 24.0 Å². The third-order valence-corrected chi connectivity index (χ3v) is 6.03. The highest BCUT2D eigenvalue weighted by atomic mass is 127. The molecule has 0 atom stereocenters. The number of hydrogen-bond donors (Lipinski definition) is 2. The summed E-state index contributed by atoms with van der Waals surface area (Å²) < 4.78 is 26.5. The Morgan fingerprint density at radius 1 is 1.20 bits per heavy atom. The second-order valence-electron chi connectivity index (χ2n) is 5.83. The van der Waals surface area contributed by atoms with Crippen LogP contribution in [0.15, 0.2) is 29.4 Å². The molecule has 0 radical (unpaired) electrons.